The zero-order valence-electron chi connectivity index (χ0n) is 3.12. The van der Waals surface area contributed by atoms with E-state index < -0.39 is 10.4 Å². The van der Waals surface area contributed by atoms with Gasteiger partial charge in [-0.15, -0.1) is 0 Å². The zero-order chi connectivity index (χ0) is 4.50. The SMILES string of the molecule is O=S(=O)(O)O.[Ce].[Zr]. The minimum Gasteiger partial charge on any atom is -0.264 e. The van der Waals surface area contributed by atoms with Gasteiger partial charge in [-0.3, -0.25) is 9.11 Å². The molecule has 4 nitrogen and oxygen atoms in total. The average Bonchev–Trinajstić information content (AvgIpc) is 0.722. The van der Waals surface area contributed by atoms with E-state index in [0.717, 1.165) is 0 Å². The molecule has 0 saturated heterocycles. The van der Waals surface area contributed by atoms with Crippen LogP contribution >= 0.6 is 0 Å². The maximum Gasteiger partial charge on any atom is 0.394 e. The molecule has 0 rings (SSSR count). The smallest absolute Gasteiger partial charge is 0.264 e. The first kappa shape index (κ1) is 16.1. The van der Waals surface area contributed by atoms with Gasteiger partial charge < -0.3 is 0 Å². The first-order valence-electron chi connectivity index (χ1n) is 0.698. The largest absolute Gasteiger partial charge is 0.394 e. The Hall–Kier alpha value is 2.13. The summed E-state index contributed by atoms with van der Waals surface area (Å²) < 4.78 is 31.6. The van der Waals surface area contributed by atoms with Crippen LogP contribution in [0, 0.1) is 41.7 Å². The maximum atomic E-state index is 8.74. The third-order valence-electron chi connectivity index (χ3n) is 0. The van der Waals surface area contributed by atoms with Crippen molar-refractivity contribution in [3.63, 3.8) is 0 Å². The second-order valence-corrected chi connectivity index (χ2v) is 1.34. The molecule has 40 valence electrons. The Morgan fingerprint density at radius 3 is 1.14 bits per heavy atom. The summed E-state index contributed by atoms with van der Waals surface area (Å²) in [7, 11) is -4.67. The summed E-state index contributed by atoms with van der Waals surface area (Å²) in [4.78, 5) is 0. The fourth-order valence-corrected chi connectivity index (χ4v) is 0. The zero-order valence-corrected chi connectivity index (χ0v) is 9.53. The van der Waals surface area contributed by atoms with Crippen LogP contribution < -0.4 is 0 Å². The summed E-state index contributed by atoms with van der Waals surface area (Å²) in [5.41, 5.74) is 0. The molecule has 0 atom stereocenters. The molecule has 0 aromatic rings. The van der Waals surface area contributed by atoms with Crippen LogP contribution in [-0.4, -0.2) is 17.5 Å². The summed E-state index contributed by atoms with van der Waals surface area (Å²) in [6, 6.07) is 0. The molecule has 0 fully saturated rings. The molecule has 0 heterocycles. The molecule has 0 aliphatic rings. The Balaban J connectivity index is -0.0000000800. The summed E-state index contributed by atoms with van der Waals surface area (Å²) in [6.07, 6.45) is 0. The van der Waals surface area contributed by atoms with Crippen molar-refractivity contribution in [2.75, 3.05) is 0 Å². The Labute approximate surface area is 94.1 Å². The van der Waals surface area contributed by atoms with Gasteiger partial charge in [0.2, 0.25) is 0 Å². The van der Waals surface area contributed by atoms with Crippen LogP contribution in [0.2, 0.25) is 0 Å². The summed E-state index contributed by atoms with van der Waals surface area (Å²) in [5.74, 6) is 0. The van der Waals surface area contributed by atoms with E-state index in [1.165, 1.54) is 0 Å². The van der Waals surface area contributed by atoms with Crippen molar-refractivity contribution in [3.05, 3.63) is 0 Å². The normalized spacial score (nSPS) is 8.29. The third kappa shape index (κ3) is 67.3. The number of hydrogen-bond acceptors (Lipinski definition) is 2. The van der Waals surface area contributed by atoms with Crippen LogP contribution in [0.1, 0.15) is 0 Å². The fourth-order valence-electron chi connectivity index (χ4n) is 0. The molecule has 0 saturated carbocycles. The van der Waals surface area contributed by atoms with Crippen molar-refractivity contribution in [2.45, 2.75) is 0 Å². The molecule has 7 heteroatoms. The molecular weight excluding hydrogens is 327 g/mol. The monoisotopic (exact) mass is 328 g/mol. The molecule has 0 spiro atoms. The van der Waals surface area contributed by atoms with Crippen molar-refractivity contribution in [3.8, 4) is 0 Å². The van der Waals surface area contributed by atoms with Gasteiger partial charge in [-0.25, -0.2) is 0 Å². The van der Waals surface area contributed by atoms with Gasteiger partial charge in [0.15, 0.2) is 0 Å². The molecule has 2 N–H and O–H groups in total. The van der Waals surface area contributed by atoms with E-state index in [0.29, 0.717) is 0 Å². The standard InChI is InChI=1S/Ce.H2O4S.Zr/c;1-5(2,3)4;/h;(H2,1,2,3,4);. The first-order valence-corrected chi connectivity index (χ1v) is 2.10. The molecule has 0 aromatic carbocycles. The van der Waals surface area contributed by atoms with E-state index in [4.69, 9.17) is 17.5 Å². The number of rotatable bonds is 0. The molecule has 0 radical (unpaired) electrons. The van der Waals surface area contributed by atoms with Gasteiger partial charge in [0.1, 0.15) is 0 Å². The van der Waals surface area contributed by atoms with Gasteiger partial charge >= 0.3 is 10.4 Å². The molecule has 7 heavy (non-hydrogen) atoms. The van der Waals surface area contributed by atoms with Crippen LogP contribution in [0.4, 0.5) is 0 Å². The van der Waals surface area contributed by atoms with E-state index in [-0.39, 0.29) is 68.0 Å². The predicted octanol–water partition coefficient (Wildman–Crippen LogP) is -0.655. The Morgan fingerprint density at radius 1 is 1.14 bits per heavy atom. The van der Waals surface area contributed by atoms with E-state index in [1.807, 2.05) is 0 Å². The summed E-state index contributed by atoms with van der Waals surface area (Å²) in [6.45, 7) is 0. The van der Waals surface area contributed by atoms with Crippen molar-refractivity contribution < 1.29 is 85.5 Å². The van der Waals surface area contributed by atoms with Crippen molar-refractivity contribution in [1.29, 1.82) is 0 Å². The quantitative estimate of drug-likeness (QED) is 0.579. The van der Waals surface area contributed by atoms with Gasteiger partial charge in [0, 0.05) is 68.0 Å². The molecule has 0 aliphatic heterocycles. The number of hydrogen-bond donors (Lipinski definition) is 2. The Bertz CT molecular complexity index is 94.9. The second-order valence-electron chi connectivity index (χ2n) is 0.448. The molecule has 0 aliphatic carbocycles. The van der Waals surface area contributed by atoms with Crippen molar-refractivity contribution in [2.24, 2.45) is 0 Å². The van der Waals surface area contributed by atoms with Gasteiger partial charge in [-0.05, 0) is 0 Å². The predicted molar refractivity (Wildman–Crippen MR) is 14.2 cm³/mol. The topological polar surface area (TPSA) is 74.6 Å². The second kappa shape index (κ2) is 6.25. The minimum absolute atomic E-state index is 0. The van der Waals surface area contributed by atoms with Gasteiger partial charge in [-0.2, -0.15) is 8.42 Å². The van der Waals surface area contributed by atoms with Gasteiger partial charge in [0.25, 0.3) is 0 Å². The summed E-state index contributed by atoms with van der Waals surface area (Å²) >= 11 is 0. The fraction of sp³-hybridized carbons (Fsp3) is 0. The van der Waals surface area contributed by atoms with Crippen LogP contribution in [0.5, 0.6) is 0 Å². The van der Waals surface area contributed by atoms with E-state index >= 15 is 0 Å². The Kier molecular flexibility index (Phi) is 14.3. The van der Waals surface area contributed by atoms with E-state index in [2.05, 4.69) is 0 Å². The first-order chi connectivity index (χ1) is 2.00. The average molecular weight is 329 g/mol. The third-order valence-corrected chi connectivity index (χ3v) is 0. The summed E-state index contributed by atoms with van der Waals surface area (Å²) in [5, 5.41) is 0. The molecule has 0 bridgehead atoms. The molecule has 0 aromatic heterocycles. The van der Waals surface area contributed by atoms with Crippen molar-refractivity contribution in [1.82, 2.24) is 0 Å². The Morgan fingerprint density at radius 2 is 1.14 bits per heavy atom. The molecule has 0 amide bonds. The van der Waals surface area contributed by atoms with Crippen LogP contribution in [0.15, 0.2) is 0 Å². The van der Waals surface area contributed by atoms with Crippen LogP contribution in [0.25, 0.3) is 0 Å². The van der Waals surface area contributed by atoms with E-state index in [9.17, 15) is 0 Å². The van der Waals surface area contributed by atoms with E-state index in [1.54, 1.807) is 0 Å². The molecule has 0 unspecified atom stereocenters. The van der Waals surface area contributed by atoms with Gasteiger partial charge in [-0.1, -0.05) is 0 Å². The maximum absolute atomic E-state index is 8.74. The van der Waals surface area contributed by atoms with Crippen LogP contribution in [-0.2, 0) is 36.6 Å². The minimum atomic E-state index is -4.67. The van der Waals surface area contributed by atoms with Gasteiger partial charge in [0.05, 0.1) is 0 Å². The van der Waals surface area contributed by atoms with Crippen LogP contribution in [0.3, 0.4) is 0 Å². The van der Waals surface area contributed by atoms with Crippen molar-refractivity contribution >= 4 is 10.4 Å². The molecular formula is H2CeO4SZr.